The second kappa shape index (κ2) is 6.39. The van der Waals surface area contributed by atoms with Crippen LogP contribution in [0.5, 0.6) is 0 Å². The summed E-state index contributed by atoms with van der Waals surface area (Å²) in [7, 11) is 0. The largest absolute Gasteiger partial charge is 0.396 e. The second-order valence-electron chi connectivity index (χ2n) is 5.88. The van der Waals surface area contributed by atoms with Crippen LogP contribution in [0.15, 0.2) is 4.52 Å². The molecule has 0 saturated carbocycles. The third-order valence-corrected chi connectivity index (χ3v) is 4.20. The summed E-state index contributed by atoms with van der Waals surface area (Å²) in [6, 6.07) is 0. The van der Waals surface area contributed by atoms with Crippen LogP contribution in [0.2, 0.25) is 0 Å². The van der Waals surface area contributed by atoms with Gasteiger partial charge in [-0.1, -0.05) is 12.1 Å². The van der Waals surface area contributed by atoms with E-state index in [1.54, 1.807) is 0 Å². The monoisotopic (exact) mass is 280 g/mol. The fraction of sp³-hybridized carbons (Fsp3) is 0.733. The first-order chi connectivity index (χ1) is 9.52. The third-order valence-electron chi connectivity index (χ3n) is 4.20. The van der Waals surface area contributed by atoms with Crippen LogP contribution in [0, 0.1) is 25.7 Å². The Bertz CT molecular complexity index is 450. The topological polar surface area (TPSA) is 66.6 Å². The molecule has 112 valence electrons. The Morgan fingerprint density at radius 1 is 1.55 bits per heavy atom. The lowest BCUT2D eigenvalue weighted by molar-refractivity contribution is -0.137. The van der Waals surface area contributed by atoms with Gasteiger partial charge in [0.2, 0.25) is 5.91 Å². The summed E-state index contributed by atoms with van der Waals surface area (Å²) in [6.45, 7) is 7.41. The molecule has 5 heteroatoms. The average molecular weight is 280 g/mol. The van der Waals surface area contributed by atoms with E-state index in [-0.39, 0.29) is 24.3 Å². The van der Waals surface area contributed by atoms with Crippen LogP contribution >= 0.6 is 0 Å². The van der Waals surface area contributed by atoms with Gasteiger partial charge in [0.05, 0.1) is 5.69 Å². The average Bonchev–Trinajstić information content (AvgIpc) is 2.78. The van der Waals surface area contributed by atoms with Crippen molar-refractivity contribution in [3.05, 3.63) is 17.0 Å². The van der Waals surface area contributed by atoms with Gasteiger partial charge in [-0.25, -0.2) is 0 Å². The van der Waals surface area contributed by atoms with Crippen molar-refractivity contribution in [3.8, 4) is 0 Å². The van der Waals surface area contributed by atoms with Gasteiger partial charge in [-0.3, -0.25) is 4.79 Å². The maximum Gasteiger partial charge on any atom is 0.225 e. The highest BCUT2D eigenvalue weighted by molar-refractivity contribution is 5.79. The molecule has 0 radical (unpaired) electrons. The third kappa shape index (κ3) is 3.20. The van der Waals surface area contributed by atoms with E-state index in [1.807, 2.05) is 25.7 Å². The summed E-state index contributed by atoms with van der Waals surface area (Å²) in [4.78, 5) is 14.4. The fourth-order valence-electron chi connectivity index (χ4n) is 2.91. The number of piperidine rings is 1. The minimum Gasteiger partial charge on any atom is -0.396 e. The van der Waals surface area contributed by atoms with Gasteiger partial charge in [0, 0.05) is 31.2 Å². The van der Waals surface area contributed by atoms with E-state index in [0.29, 0.717) is 13.0 Å². The van der Waals surface area contributed by atoms with Gasteiger partial charge in [-0.15, -0.1) is 0 Å². The van der Waals surface area contributed by atoms with Crippen molar-refractivity contribution in [2.45, 2.75) is 40.0 Å². The first-order valence-corrected chi connectivity index (χ1v) is 7.34. The number of aryl methyl sites for hydroxylation is 2. The number of nitrogens with zero attached hydrogens (tertiary/aromatic N) is 2. The van der Waals surface area contributed by atoms with Gasteiger partial charge >= 0.3 is 0 Å². The van der Waals surface area contributed by atoms with Crippen LogP contribution in [0.1, 0.15) is 36.8 Å². The zero-order chi connectivity index (χ0) is 14.7. The van der Waals surface area contributed by atoms with Crippen LogP contribution < -0.4 is 0 Å². The number of hydrogen-bond acceptors (Lipinski definition) is 4. The Morgan fingerprint density at radius 3 is 2.90 bits per heavy atom. The van der Waals surface area contributed by atoms with Crippen LogP contribution in [0.25, 0.3) is 0 Å². The first-order valence-electron chi connectivity index (χ1n) is 7.34. The van der Waals surface area contributed by atoms with Crippen molar-refractivity contribution in [3.63, 3.8) is 0 Å². The predicted octanol–water partition coefficient (Wildman–Crippen LogP) is 1.70. The second-order valence-corrected chi connectivity index (χ2v) is 5.88. The molecule has 2 unspecified atom stereocenters. The van der Waals surface area contributed by atoms with Crippen LogP contribution in [0.3, 0.4) is 0 Å². The number of likely N-dealkylation sites (tertiary alicyclic amines) is 1. The molecule has 1 amide bonds. The Morgan fingerprint density at radius 2 is 2.30 bits per heavy atom. The van der Waals surface area contributed by atoms with Gasteiger partial charge in [0.15, 0.2) is 0 Å². The Kier molecular flexibility index (Phi) is 4.81. The van der Waals surface area contributed by atoms with E-state index in [1.165, 1.54) is 0 Å². The van der Waals surface area contributed by atoms with Crippen LogP contribution in [-0.2, 0) is 11.2 Å². The van der Waals surface area contributed by atoms with Crippen molar-refractivity contribution in [1.29, 1.82) is 0 Å². The Balaban J connectivity index is 1.98. The number of carbonyl (C=O) groups excluding carboxylic acids is 1. The fourth-order valence-corrected chi connectivity index (χ4v) is 2.91. The SMILES string of the molecule is Cc1noc(C)c1CC(C)C(=O)N1CCCC(CO)C1. The summed E-state index contributed by atoms with van der Waals surface area (Å²) >= 11 is 0. The van der Waals surface area contributed by atoms with Gasteiger partial charge < -0.3 is 14.5 Å². The molecule has 1 saturated heterocycles. The predicted molar refractivity (Wildman–Crippen MR) is 75.2 cm³/mol. The molecule has 2 heterocycles. The van der Waals surface area contributed by atoms with Crippen molar-refractivity contribution in [2.75, 3.05) is 19.7 Å². The van der Waals surface area contributed by atoms with Crippen molar-refractivity contribution in [1.82, 2.24) is 10.1 Å². The van der Waals surface area contributed by atoms with E-state index in [0.717, 1.165) is 36.4 Å². The molecule has 1 aliphatic heterocycles. The molecular formula is C15H24N2O3. The number of hydrogen-bond donors (Lipinski definition) is 1. The number of amides is 1. The molecule has 1 fully saturated rings. The van der Waals surface area contributed by atoms with Gasteiger partial charge in [-0.2, -0.15) is 0 Å². The molecule has 1 aromatic heterocycles. The van der Waals surface area contributed by atoms with Gasteiger partial charge in [-0.05, 0) is 39.0 Å². The lowest BCUT2D eigenvalue weighted by Gasteiger charge is -2.33. The van der Waals surface area contributed by atoms with E-state index in [9.17, 15) is 9.90 Å². The number of rotatable bonds is 4. The zero-order valence-electron chi connectivity index (χ0n) is 12.6. The minimum atomic E-state index is -0.0794. The normalized spacial score (nSPS) is 21.0. The van der Waals surface area contributed by atoms with Crippen molar-refractivity contribution in [2.24, 2.45) is 11.8 Å². The van der Waals surface area contributed by atoms with Gasteiger partial charge in [0.25, 0.3) is 0 Å². The Labute approximate surface area is 119 Å². The molecule has 20 heavy (non-hydrogen) atoms. The number of aliphatic hydroxyl groups is 1. The highest BCUT2D eigenvalue weighted by Gasteiger charge is 2.27. The van der Waals surface area contributed by atoms with Crippen molar-refractivity contribution < 1.29 is 14.4 Å². The van der Waals surface area contributed by atoms with E-state index in [4.69, 9.17) is 4.52 Å². The molecule has 0 bridgehead atoms. The maximum absolute atomic E-state index is 12.5. The minimum absolute atomic E-state index is 0.0794. The molecule has 1 N–H and O–H groups in total. The van der Waals surface area contributed by atoms with Gasteiger partial charge in [0.1, 0.15) is 5.76 Å². The molecular weight excluding hydrogens is 256 g/mol. The van der Waals surface area contributed by atoms with E-state index < -0.39 is 0 Å². The van der Waals surface area contributed by atoms with Crippen LogP contribution in [0.4, 0.5) is 0 Å². The molecule has 0 aromatic carbocycles. The highest BCUT2D eigenvalue weighted by Crippen LogP contribution is 2.21. The summed E-state index contributed by atoms with van der Waals surface area (Å²) < 4.78 is 5.15. The molecule has 0 aliphatic carbocycles. The smallest absolute Gasteiger partial charge is 0.225 e. The summed E-state index contributed by atoms with van der Waals surface area (Å²) in [6.07, 6.45) is 2.66. The lowest BCUT2D eigenvalue weighted by atomic mass is 9.95. The quantitative estimate of drug-likeness (QED) is 0.911. The summed E-state index contributed by atoms with van der Waals surface area (Å²) in [5.74, 6) is 1.13. The molecule has 1 aliphatic rings. The van der Waals surface area contributed by atoms with E-state index >= 15 is 0 Å². The molecule has 2 rings (SSSR count). The van der Waals surface area contributed by atoms with Crippen molar-refractivity contribution >= 4 is 5.91 Å². The standard InChI is InChI=1S/C15H24N2O3/c1-10(7-14-11(2)16-20-12(14)3)15(19)17-6-4-5-13(8-17)9-18/h10,13,18H,4-9H2,1-3H3. The molecule has 2 atom stereocenters. The zero-order valence-corrected chi connectivity index (χ0v) is 12.6. The van der Waals surface area contributed by atoms with Crippen LogP contribution in [-0.4, -0.2) is 40.8 Å². The summed E-state index contributed by atoms with van der Waals surface area (Å²) in [5.41, 5.74) is 1.91. The number of carbonyl (C=O) groups is 1. The number of aliphatic hydroxyl groups excluding tert-OH is 1. The first kappa shape index (κ1) is 15.0. The molecule has 1 aromatic rings. The lowest BCUT2D eigenvalue weighted by Crippen LogP contribution is -2.43. The number of aromatic nitrogens is 1. The molecule has 0 spiro atoms. The maximum atomic E-state index is 12.5. The Hall–Kier alpha value is -1.36. The highest BCUT2D eigenvalue weighted by atomic mass is 16.5. The molecule has 5 nitrogen and oxygen atoms in total. The summed E-state index contributed by atoms with van der Waals surface area (Å²) in [5, 5.41) is 13.2. The van der Waals surface area contributed by atoms with E-state index in [2.05, 4.69) is 5.16 Å².